The number of nitrogens with one attached hydrogen (secondary N) is 1. The van der Waals surface area contributed by atoms with Crippen LogP contribution in [0.1, 0.15) is 19.3 Å². The van der Waals surface area contributed by atoms with Crippen LogP contribution in [0.4, 0.5) is 5.13 Å². The van der Waals surface area contributed by atoms with Gasteiger partial charge in [0.25, 0.3) is 0 Å². The third-order valence-corrected chi connectivity index (χ3v) is 4.89. The van der Waals surface area contributed by atoms with Crippen molar-refractivity contribution in [1.82, 2.24) is 9.97 Å². The van der Waals surface area contributed by atoms with Crippen LogP contribution in [0.2, 0.25) is 0 Å². The second-order valence-corrected chi connectivity index (χ2v) is 6.34. The summed E-state index contributed by atoms with van der Waals surface area (Å²) in [4.78, 5) is 20.9. The maximum absolute atomic E-state index is 12.3. The Morgan fingerprint density at radius 2 is 2.38 bits per heavy atom. The first-order valence-electron chi connectivity index (χ1n) is 7.12. The smallest absolute Gasteiger partial charge is 0.231 e. The van der Waals surface area contributed by atoms with E-state index < -0.39 is 0 Å². The van der Waals surface area contributed by atoms with Crippen molar-refractivity contribution >= 4 is 22.4 Å². The number of thiazole rings is 1. The molecular weight excluding hydrogens is 286 g/mol. The molecule has 0 spiro atoms. The van der Waals surface area contributed by atoms with Crippen LogP contribution in [0.5, 0.6) is 0 Å². The Balaban J connectivity index is 1.46. The molecule has 2 aliphatic heterocycles. The van der Waals surface area contributed by atoms with Crippen molar-refractivity contribution in [1.29, 1.82) is 0 Å². The Kier molecular flexibility index (Phi) is 3.20. The molecule has 0 saturated carbocycles. The molecule has 0 radical (unpaired) electrons. The SMILES string of the molecule is O=C(Nc1nc(-c2cccnc2)cs1)[C@@H]1C[C@H]2CC[C@@H]1O2. The highest BCUT2D eigenvalue weighted by Crippen LogP contribution is 2.39. The Bertz CT molecular complexity index is 658. The first-order chi connectivity index (χ1) is 10.3. The first-order valence-corrected chi connectivity index (χ1v) is 8.00. The molecule has 1 amide bonds. The predicted molar refractivity (Wildman–Crippen MR) is 80.0 cm³/mol. The highest BCUT2D eigenvalue weighted by Gasteiger charge is 2.44. The number of nitrogens with zero attached hydrogens (tertiary/aromatic N) is 2. The van der Waals surface area contributed by atoms with Crippen LogP contribution in [-0.4, -0.2) is 28.1 Å². The van der Waals surface area contributed by atoms with Crippen molar-refractivity contribution in [2.45, 2.75) is 31.5 Å². The standard InChI is InChI=1S/C15H15N3O2S/c19-14(11-6-10-3-4-13(11)20-10)18-15-17-12(8-21-15)9-2-1-5-16-7-9/h1-2,5,7-8,10-11,13H,3-4,6H2,(H,17,18,19)/t10-,11-,13+/m1/s1. The van der Waals surface area contributed by atoms with Gasteiger partial charge in [-0.2, -0.15) is 0 Å². The van der Waals surface area contributed by atoms with E-state index in [1.807, 2.05) is 17.5 Å². The van der Waals surface area contributed by atoms with Crippen molar-refractivity contribution in [3.63, 3.8) is 0 Å². The van der Waals surface area contributed by atoms with Gasteiger partial charge in [-0.3, -0.25) is 9.78 Å². The molecule has 0 aliphatic carbocycles. The summed E-state index contributed by atoms with van der Waals surface area (Å²) >= 11 is 1.44. The number of aromatic nitrogens is 2. The fourth-order valence-corrected chi connectivity index (χ4v) is 3.81. The van der Waals surface area contributed by atoms with Crippen molar-refractivity contribution in [2.24, 2.45) is 5.92 Å². The summed E-state index contributed by atoms with van der Waals surface area (Å²) in [5, 5.41) is 5.50. The van der Waals surface area contributed by atoms with Gasteiger partial charge < -0.3 is 10.1 Å². The lowest BCUT2D eigenvalue weighted by Gasteiger charge is -2.16. The van der Waals surface area contributed by atoms with Gasteiger partial charge in [-0.15, -0.1) is 11.3 Å². The summed E-state index contributed by atoms with van der Waals surface area (Å²) in [7, 11) is 0. The molecule has 6 heteroatoms. The van der Waals surface area contributed by atoms with E-state index in [0.29, 0.717) is 5.13 Å². The van der Waals surface area contributed by atoms with Crippen LogP contribution >= 0.6 is 11.3 Å². The minimum absolute atomic E-state index is 0.0190. The zero-order chi connectivity index (χ0) is 14.2. The molecule has 0 unspecified atom stereocenters. The quantitative estimate of drug-likeness (QED) is 0.946. The van der Waals surface area contributed by atoms with Gasteiger partial charge >= 0.3 is 0 Å². The van der Waals surface area contributed by atoms with Crippen LogP contribution in [0.3, 0.4) is 0 Å². The number of hydrogen-bond donors (Lipinski definition) is 1. The number of fused-ring (bicyclic) bond motifs is 2. The van der Waals surface area contributed by atoms with E-state index in [1.165, 1.54) is 11.3 Å². The summed E-state index contributed by atoms with van der Waals surface area (Å²) < 4.78 is 5.73. The van der Waals surface area contributed by atoms with Gasteiger partial charge in [0.15, 0.2) is 5.13 Å². The minimum atomic E-state index is -0.0190. The number of ether oxygens (including phenoxy) is 1. The van der Waals surface area contributed by atoms with E-state index in [-0.39, 0.29) is 24.0 Å². The lowest BCUT2D eigenvalue weighted by atomic mass is 9.89. The molecule has 2 aromatic rings. The molecular formula is C15H15N3O2S. The molecule has 4 heterocycles. The van der Waals surface area contributed by atoms with Gasteiger partial charge in [0.1, 0.15) is 0 Å². The van der Waals surface area contributed by atoms with Gasteiger partial charge in [-0.1, -0.05) is 0 Å². The topological polar surface area (TPSA) is 64.1 Å². The van der Waals surface area contributed by atoms with Gasteiger partial charge in [0.2, 0.25) is 5.91 Å². The highest BCUT2D eigenvalue weighted by molar-refractivity contribution is 7.14. The van der Waals surface area contributed by atoms with Crippen LogP contribution in [0.25, 0.3) is 11.3 Å². The molecule has 2 saturated heterocycles. The Morgan fingerprint density at radius 1 is 1.43 bits per heavy atom. The largest absolute Gasteiger partial charge is 0.374 e. The summed E-state index contributed by atoms with van der Waals surface area (Å²) in [5.74, 6) is 0.0174. The number of carbonyl (C=O) groups is 1. The summed E-state index contributed by atoms with van der Waals surface area (Å²) in [5.41, 5.74) is 1.80. The number of amides is 1. The van der Waals surface area contributed by atoms with E-state index in [2.05, 4.69) is 15.3 Å². The minimum Gasteiger partial charge on any atom is -0.374 e. The van der Waals surface area contributed by atoms with Crippen molar-refractivity contribution in [3.8, 4) is 11.3 Å². The number of carbonyl (C=O) groups excluding carboxylic acids is 1. The zero-order valence-electron chi connectivity index (χ0n) is 11.4. The monoisotopic (exact) mass is 301 g/mol. The Hall–Kier alpha value is -1.79. The fourth-order valence-electron chi connectivity index (χ4n) is 3.09. The van der Waals surface area contributed by atoms with Gasteiger partial charge in [-0.25, -0.2) is 4.98 Å². The number of anilines is 1. The van der Waals surface area contributed by atoms with Gasteiger partial charge in [0.05, 0.1) is 23.8 Å². The zero-order valence-corrected chi connectivity index (χ0v) is 12.2. The Morgan fingerprint density at radius 3 is 3.10 bits per heavy atom. The third-order valence-electron chi connectivity index (χ3n) is 4.13. The van der Waals surface area contributed by atoms with Crippen LogP contribution in [0.15, 0.2) is 29.9 Å². The van der Waals surface area contributed by atoms with Gasteiger partial charge in [0, 0.05) is 23.3 Å². The predicted octanol–water partition coefficient (Wildman–Crippen LogP) is 2.71. The second kappa shape index (κ2) is 5.20. The van der Waals surface area contributed by atoms with Crippen molar-refractivity contribution in [3.05, 3.63) is 29.9 Å². The molecule has 5 nitrogen and oxygen atoms in total. The third kappa shape index (κ3) is 2.45. The average molecular weight is 301 g/mol. The second-order valence-electron chi connectivity index (χ2n) is 5.48. The molecule has 2 aliphatic rings. The fraction of sp³-hybridized carbons (Fsp3) is 0.400. The number of pyridine rings is 1. The molecule has 2 fully saturated rings. The molecule has 4 rings (SSSR count). The van der Waals surface area contributed by atoms with E-state index in [1.54, 1.807) is 12.4 Å². The van der Waals surface area contributed by atoms with E-state index in [9.17, 15) is 4.79 Å². The lowest BCUT2D eigenvalue weighted by molar-refractivity contribution is -0.121. The van der Waals surface area contributed by atoms with Crippen LogP contribution in [-0.2, 0) is 9.53 Å². The van der Waals surface area contributed by atoms with E-state index in [0.717, 1.165) is 30.5 Å². The summed E-state index contributed by atoms with van der Waals surface area (Å²) in [6.45, 7) is 0. The Labute approximate surface area is 126 Å². The van der Waals surface area contributed by atoms with Crippen molar-refractivity contribution < 1.29 is 9.53 Å². The average Bonchev–Trinajstić information content (AvgIpc) is 3.24. The molecule has 2 aromatic heterocycles. The van der Waals surface area contributed by atoms with E-state index >= 15 is 0 Å². The van der Waals surface area contributed by atoms with Crippen LogP contribution in [0, 0.1) is 5.92 Å². The maximum atomic E-state index is 12.3. The van der Waals surface area contributed by atoms with E-state index in [4.69, 9.17) is 4.74 Å². The molecule has 2 bridgehead atoms. The summed E-state index contributed by atoms with van der Waals surface area (Å²) in [6, 6.07) is 3.83. The molecule has 1 N–H and O–H groups in total. The normalized spacial score (nSPS) is 27.0. The molecule has 21 heavy (non-hydrogen) atoms. The van der Waals surface area contributed by atoms with Gasteiger partial charge in [-0.05, 0) is 31.4 Å². The number of hydrogen-bond acceptors (Lipinski definition) is 5. The molecule has 3 atom stereocenters. The van der Waals surface area contributed by atoms with Crippen molar-refractivity contribution in [2.75, 3.05) is 5.32 Å². The maximum Gasteiger partial charge on any atom is 0.231 e. The van der Waals surface area contributed by atoms with Crippen LogP contribution < -0.4 is 5.32 Å². The lowest BCUT2D eigenvalue weighted by Crippen LogP contribution is -2.30. The first kappa shape index (κ1) is 12.9. The molecule has 0 aromatic carbocycles. The highest BCUT2D eigenvalue weighted by atomic mass is 32.1. The summed E-state index contributed by atoms with van der Waals surface area (Å²) in [6.07, 6.45) is 6.83. The molecule has 108 valence electrons. The number of rotatable bonds is 3.